The fraction of sp³-hybridized carbons (Fsp3) is 0.818. The fourth-order valence-corrected chi connectivity index (χ4v) is 1.68. The molecular weight excluding hydrogens is 164 g/mol. The molecule has 0 saturated heterocycles. The standard InChI is InChI=1S/C11H22O2/c1-5-6-7-11(13-4,8-9-12)10(2)3/h5,10,12H,1,6-9H2,2-4H3. The Bertz CT molecular complexity index is 143. The number of hydrogen-bond acceptors (Lipinski definition) is 2. The van der Waals surface area contributed by atoms with Gasteiger partial charge in [-0.1, -0.05) is 19.9 Å². The van der Waals surface area contributed by atoms with Crippen LogP contribution in [0.3, 0.4) is 0 Å². The summed E-state index contributed by atoms with van der Waals surface area (Å²) in [5, 5.41) is 8.98. The van der Waals surface area contributed by atoms with Crippen molar-refractivity contribution in [1.29, 1.82) is 0 Å². The molecule has 0 radical (unpaired) electrons. The average Bonchev–Trinajstić information content (AvgIpc) is 2.12. The molecule has 0 aliphatic rings. The fourth-order valence-electron chi connectivity index (χ4n) is 1.68. The van der Waals surface area contributed by atoms with Crippen molar-refractivity contribution in [2.45, 2.75) is 38.7 Å². The second-order valence-corrected chi connectivity index (χ2v) is 3.72. The Morgan fingerprint density at radius 2 is 2.08 bits per heavy atom. The molecule has 0 spiro atoms. The van der Waals surface area contributed by atoms with Crippen LogP contribution in [-0.2, 0) is 4.74 Å². The lowest BCUT2D eigenvalue weighted by Gasteiger charge is -2.35. The van der Waals surface area contributed by atoms with Gasteiger partial charge < -0.3 is 9.84 Å². The maximum absolute atomic E-state index is 8.98. The molecule has 2 nitrogen and oxygen atoms in total. The molecule has 0 amide bonds. The monoisotopic (exact) mass is 186 g/mol. The molecule has 1 N–H and O–H groups in total. The highest BCUT2D eigenvalue weighted by atomic mass is 16.5. The summed E-state index contributed by atoms with van der Waals surface area (Å²) in [6, 6.07) is 0. The quantitative estimate of drug-likeness (QED) is 0.618. The van der Waals surface area contributed by atoms with E-state index in [1.165, 1.54) is 0 Å². The molecule has 0 aromatic carbocycles. The van der Waals surface area contributed by atoms with Crippen molar-refractivity contribution in [2.24, 2.45) is 5.92 Å². The topological polar surface area (TPSA) is 29.5 Å². The molecule has 0 aromatic rings. The first-order chi connectivity index (χ1) is 6.13. The maximum Gasteiger partial charge on any atom is 0.0726 e. The molecule has 2 heteroatoms. The molecule has 0 saturated carbocycles. The van der Waals surface area contributed by atoms with Crippen LogP contribution in [0.5, 0.6) is 0 Å². The summed E-state index contributed by atoms with van der Waals surface area (Å²) in [5.74, 6) is 0.421. The van der Waals surface area contributed by atoms with Gasteiger partial charge in [0.15, 0.2) is 0 Å². The van der Waals surface area contributed by atoms with Crippen LogP contribution in [0.25, 0.3) is 0 Å². The van der Waals surface area contributed by atoms with Gasteiger partial charge in [-0.25, -0.2) is 0 Å². The van der Waals surface area contributed by atoms with Crippen LogP contribution in [0.2, 0.25) is 0 Å². The third-order valence-electron chi connectivity index (χ3n) is 2.77. The number of aliphatic hydroxyl groups excluding tert-OH is 1. The van der Waals surface area contributed by atoms with Gasteiger partial charge in [0.2, 0.25) is 0 Å². The average molecular weight is 186 g/mol. The van der Waals surface area contributed by atoms with Crippen molar-refractivity contribution < 1.29 is 9.84 Å². The van der Waals surface area contributed by atoms with E-state index in [4.69, 9.17) is 9.84 Å². The molecule has 0 aliphatic heterocycles. The normalized spacial score (nSPS) is 15.8. The van der Waals surface area contributed by atoms with Crippen molar-refractivity contribution in [3.8, 4) is 0 Å². The molecule has 78 valence electrons. The lowest BCUT2D eigenvalue weighted by Crippen LogP contribution is -2.38. The molecule has 0 rings (SSSR count). The summed E-state index contributed by atoms with van der Waals surface area (Å²) >= 11 is 0. The second-order valence-electron chi connectivity index (χ2n) is 3.72. The van der Waals surface area contributed by atoms with Crippen LogP contribution in [0, 0.1) is 5.92 Å². The lowest BCUT2D eigenvalue weighted by atomic mass is 9.83. The smallest absolute Gasteiger partial charge is 0.0726 e. The molecule has 0 heterocycles. The molecule has 0 aromatic heterocycles. The van der Waals surface area contributed by atoms with E-state index in [9.17, 15) is 0 Å². The van der Waals surface area contributed by atoms with Gasteiger partial charge in [-0.15, -0.1) is 6.58 Å². The van der Waals surface area contributed by atoms with Crippen LogP contribution >= 0.6 is 0 Å². The zero-order valence-electron chi connectivity index (χ0n) is 9.05. The molecule has 1 atom stereocenters. The highest BCUT2D eigenvalue weighted by molar-refractivity contribution is 4.86. The van der Waals surface area contributed by atoms with Crippen LogP contribution in [0.1, 0.15) is 33.1 Å². The zero-order chi connectivity index (χ0) is 10.3. The van der Waals surface area contributed by atoms with Gasteiger partial charge in [0.25, 0.3) is 0 Å². The Balaban J connectivity index is 4.34. The SMILES string of the molecule is C=CCCC(CCO)(OC)C(C)C. The summed E-state index contributed by atoms with van der Waals surface area (Å²) < 4.78 is 5.53. The summed E-state index contributed by atoms with van der Waals surface area (Å²) in [5.41, 5.74) is -0.178. The van der Waals surface area contributed by atoms with Crippen LogP contribution in [0.15, 0.2) is 12.7 Å². The third kappa shape index (κ3) is 3.49. The van der Waals surface area contributed by atoms with Crippen molar-refractivity contribution in [3.63, 3.8) is 0 Å². The van der Waals surface area contributed by atoms with E-state index in [1.807, 2.05) is 6.08 Å². The predicted octanol–water partition coefficient (Wildman–Crippen LogP) is 2.38. The van der Waals surface area contributed by atoms with E-state index in [1.54, 1.807) is 7.11 Å². The molecule has 0 bridgehead atoms. The zero-order valence-corrected chi connectivity index (χ0v) is 9.05. The lowest BCUT2D eigenvalue weighted by molar-refractivity contribution is -0.0686. The highest BCUT2D eigenvalue weighted by Crippen LogP contribution is 2.30. The Hall–Kier alpha value is -0.340. The Kier molecular flexibility index (Phi) is 6.00. The molecule has 1 unspecified atom stereocenters. The minimum Gasteiger partial charge on any atom is -0.396 e. The Morgan fingerprint density at radius 3 is 2.38 bits per heavy atom. The summed E-state index contributed by atoms with van der Waals surface area (Å²) in [6.45, 7) is 8.14. The Morgan fingerprint density at radius 1 is 1.46 bits per heavy atom. The van der Waals surface area contributed by atoms with Crippen LogP contribution in [-0.4, -0.2) is 24.4 Å². The van der Waals surface area contributed by atoms with Crippen molar-refractivity contribution >= 4 is 0 Å². The number of hydrogen-bond donors (Lipinski definition) is 1. The minimum absolute atomic E-state index is 0.178. The van der Waals surface area contributed by atoms with E-state index in [-0.39, 0.29) is 12.2 Å². The van der Waals surface area contributed by atoms with Crippen LogP contribution in [0.4, 0.5) is 0 Å². The van der Waals surface area contributed by atoms with Crippen molar-refractivity contribution in [2.75, 3.05) is 13.7 Å². The number of methoxy groups -OCH3 is 1. The Labute approximate surface area is 81.6 Å². The van der Waals surface area contributed by atoms with E-state index in [0.717, 1.165) is 12.8 Å². The molecular formula is C11H22O2. The molecule has 13 heavy (non-hydrogen) atoms. The van der Waals surface area contributed by atoms with Gasteiger partial charge in [0.05, 0.1) is 5.60 Å². The first kappa shape index (κ1) is 12.7. The highest BCUT2D eigenvalue weighted by Gasteiger charge is 2.31. The second kappa shape index (κ2) is 6.17. The predicted molar refractivity (Wildman–Crippen MR) is 55.7 cm³/mol. The first-order valence-electron chi connectivity index (χ1n) is 4.90. The molecule has 0 aliphatic carbocycles. The van der Waals surface area contributed by atoms with E-state index in [0.29, 0.717) is 12.3 Å². The van der Waals surface area contributed by atoms with E-state index in [2.05, 4.69) is 20.4 Å². The molecule has 0 fully saturated rings. The van der Waals surface area contributed by atoms with Crippen LogP contribution < -0.4 is 0 Å². The van der Waals surface area contributed by atoms with Crippen molar-refractivity contribution in [1.82, 2.24) is 0 Å². The number of ether oxygens (including phenoxy) is 1. The van der Waals surface area contributed by atoms with E-state index >= 15 is 0 Å². The number of aliphatic hydroxyl groups is 1. The van der Waals surface area contributed by atoms with Gasteiger partial charge in [0, 0.05) is 13.7 Å². The maximum atomic E-state index is 8.98. The third-order valence-corrected chi connectivity index (χ3v) is 2.77. The van der Waals surface area contributed by atoms with Gasteiger partial charge in [-0.3, -0.25) is 0 Å². The first-order valence-corrected chi connectivity index (χ1v) is 4.90. The van der Waals surface area contributed by atoms with Gasteiger partial charge in [-0.2, -0.15) is 0 Å². The summed E-state index contributed by atoms with van der Waals surface area (Å²) in [6.07, 6.45) is 4.47. The number of allylic oxidation sites excluding steroid dienone is 1. The number of rotatable bonds is 7. The van der Waals surface area contributed by atoms with Crippen molar-refractivity contribution in [3.05, 3.63) is 12.7 Å². The summed E-state index contributed by atoms with van der Waals surface area (Å²) in [4.78, 5) is 0. The van der Waals surface area contributed by atoms with Gasteiger partial charge in [-0.05, 0) is 25.2 Å². The summed E-state index contributed by atoms with van der Waals surface area (Å²) in [7, 11) is 1.72. The van der Waals surface area contributed by atoms with Gasteiger partial charge >= 0.3 is 0 Å². The van der Waals surface area contributed by atoms with Gasteiger partial charge in [0.1, 0.15) is 0 Å². The minimum atomic E-state index is -0.178. The van der Waals surface area contributed by atoms with E-state index < -0.39 is 0 Å². The largest absolute Gasteiger partial charge is 0.396 e.